The molecule has 0 radical (unpaired) electrons. The van der Waals surface area contributed by atoms with Crippen molar-refractivity contribution in [3.05, 3.63) is 21.4 Å². The van der Waals surface area contributed by atoms with Crippen molar-refractivity contribution in [2.24, 2.45) is 0 Å². The Hall–Kier alpha value is -1.34. The van der Waals surface area contributed by atoms with Crippen LogP contribution in [0.2, 0.25) is 0 Å². The van der Waals surface area contributed by atoms with Gasteiger partial charge in [0.15, 0.2) is 0 Å². The minimum Gasteiger partial charge on any atom is -0.478 e. The molecule has 1 aliphatic carbocycles. The van der Waals surface area contributed by atoms with E-state index in [1.807, 2.05) is 6.07 Å². The smallest absolute Gasteiger partial charge is 0.336 e. The van der Waals surface area contributed by atoms with Crippen molar-refractivity contribution >= 4 is 17.3 Å². The summed E-state index contributed by atoms with van der Waals surface area (Å²) in [6.07, 6.45) is 2.04. The molecule has 1 saturated carbocycles. The van der Waals surface area contributed by atoms with Crippen LogP contribution in [0.4, 0.5) is 0 Å². The molecule has 1 fully saturated rings. The largest absolute Gasteiger partial charge is 0.478 e. The van der Waals surface area contributed by atoms with Crippen molar-refractivity contribution in [3.8, 4) is 6.07 Å². The van der Waals surface area contributed by atoms with Gasteiger partial charge < -0.3 is 5.11 Å². The summed E-state index contributed by atoms with van der Waals surface area (Å²) >= 11 is 1.23. The zero-order valence-electron chi connectivity index (χ0n) is 6.78. The Balaban J connectivity index is 2.52. The molecule has 0 aliphatic heterocycles. The standard InChI is InChI=1S/C9H7NO2S/c10-3-7-8(5-1-2-5)6(4-13-7)9(11)12/h4-5H,1-2H2,(H,11,12). The third-order valence-electron chi connectivity index (χ3n) is 2.15. The third-order valence-corrected chi connectivity index (χ3v) is 3.05. The predicted molar refractivity (Wildman–Crippen MR) is 48.0 cm³/mol. The van der Waals surface area contributed by atoms with E-state index in [1.165, 1.54) is 11.3 Å². The Kier molecular flexibility index (Phi) is 1.82. The SMILES string of the molecule is N#Cc1scc(C(=O)O)c1C1CC1. The van der Waals surface area contributed by atoms with Crippen LogP contribution < -0.4 is 0 Å². The van der Waals surface area contributed by atoms with Gasteiger partial charge in [0.1, 0.15) is 10.9 Å². The molecule has 3 nitrogen and oxygen atoms in total. The van der Waals surface area contributed by atoms with Crippen LogP contribution in [-0.2, 0) is 0 Å². The second-order valence-electron chi connectivity index (χ2n) is 3.08. The predicted octanol–water partition coefficient (Wildman–Crippen LogP) is 2.20. The number of carboxylic acids is 1. The maximum absolute atomic E-state index is 10.8. The van der Waals surface area contributed by atoms with Gasteiger partial charge in [0, 0.05) is 5.38 Å². The number of thiophene rings is 1. The van der Waals surface area contributed by atoms with E-state index in [4.69, 9.17) is 10.4 Å². The first-order valence-corrected chi connectivity index (χ1v) is 4.86. The highest BCUT2D eigenvalue weighted by atomic mass is 32.1. The molecule has 66 valence electrons. The van der Waals surface area contributed by atoms with Gasteiger partial charge in [-0.1, -0.05) is 0 Å². The van der Waals surface area contributed by atoms with Crippen molar-refractivity contribution in [2.75, 3.05) is 0 Å². The van der Waals surface area contributed by atoms with E-state index in [2.05, 4.69) is 0 Å². The van der Waals surface area contributed by atoms with Crippen LogP contribution >= 0.6 is 11.3 Å². The van der Waals surface area contributed by atoms with E-state index >= 15 is 0 Å². The molecule has 0 saturated heterocycles. The number of hydrogen-bond acceptors (Lipinski definition) is 3. The van der Waals surface area contributed by atoms with E-state index in [0.717, 1.165) is 18.4 Å². The van der Waals surface area contributed by atoms with Crippen molar-refractivity contribution < 1.29 is 9.90 Å². The second kappa shape index (κ2) is 2.86. The van der Waals surface area contributed by atoms with Gasteiger partial charge in [-0.2, -0.15) is 5.26 Å². The summed E-state index contributed by atoms with van der Waals surface area (Å²) in [6.45, 7) is 0. The van der Waals surface area contributed by atoms with E-state index < -0.39 is 5.97 Å². The first kappa shape index (κ1) is 8.27. The molecule has 0 aromatic carbocycles. The highest BCUT2D eigenvalue weighted by molar-refractivity contribution is 7.11. The molecule has 0 amide bonds. The minimum atomic E-state index is -0.917. The highest BCUT2D eigenvalue weighted by Crippen LogP contribution is 2.45. The Morgan fingerprint density at radius 1 is 1.69 bits per heavy atom. The normalized spacial score (nSPS) is 15.3. The minimum absolute atomic E-state index is 0.323. The lowest BCUT2D eigenvalue weighted by Gasteiger charge is -1.96. The first-order chi connectivity index (χ1) is 6.24. The van der Waals surface area contributed by atoms with E-state index in [-0.39, 0.29) is 0 Å². The molecule has 0 spiro atoms. The van der Waals surface area contributed by atoms with Gasteiger partial charge in [0.25, 0.3) is 0 Å². The monoisotopic (exact) mass is 193 g/mol. The fourth-order valence-corrected chi connectivity index (χ4v) is 2.32. The molecule has 1 aromatic rings. The van der Waals surface area contributed by atoms with Crippen molar-refractivity contribution in [1.29, 1.82) is 5.26 Å². The summed E-state index contributed by atoms with van der Waals surface area (Å²) < 4.78 is 0. The summed E-state index contributed by atoms with van der Waals surface area (Å²) in [5, 5.41) is 19.2. The Morgan fingerprint density at radius 3 is 2.85 bits per heavy atom. The van der Waals surface area contributed by atoms with Gasteiger partial charge >= 0.3 is 5.97 Å². The summed E-state index contributed by atoms with van der Waals surface area (Å²) in [5.41, 5.74) is 1.09. The molecule has 0 unspecified atom stereocenters. The topological polar surface area (TPSA) is 61.1 Å². The molecule has 0 bridgehead atoms. The fourth-order valence-electron chi connectivity index (χ4n) is 1.40. The number of carbonyl (C=O) groups is 1. The van der Waals surface area contributed by atoms with Crippen LogP contribution in [0, 0.1) is 11.3 Å². The van der Waals surface area contributed by atoms with Crippen LogP contribution in [-0.4, -0.2) is 11.1 Å². The van der Waals surface area contributed by atoms with Crippen molar-refractivity contribution in [1.82, 2.24) is 0 Å². The molecule has 13 heavy (non-hydrogen) atoms. The molecule has 1 aliphatic rings. The average molecular weight is 193 g/mol. The molecule has 1 N–H and O–H groups in total. The lowest BCUT2D eigenvalue weighted by molar-refractivity contribution is 0.0696. The number of nitrogens with zero attached hydrogens (tertiary/aromatic N) is 1. The lowest BCUT2D eigenvalue weighted by Crippen LogP contribution is -1.98. The number of carboxylic acid groups (broad SMARTS) is 1. The number of aromatic carboxylic acids is 1. The zero-order chi connectivity index (χ0) is 9.42. The van der Waals surface area contributed by atoms with Crippen LogP contribution in [0.15, 0.2) is 5.38 Å². The van der Waals surface area contributed by atoms with Crippen LogP contribution in [0.5, 0.6) is 0 Å². The summed E-state index contributed by atoms with van der Waals surface area (Å²) in [5.74, 6) is -0.591. The van der Waals surface area contributed by atoms with Crippen LogP contribution in [0.25, 0.3) is 0 Å². The molecule has 1 aromatic heterocycles. The molecule has 1 heterocycles. The van der Waals surface area contributed by atoms with Crippen LogP contribution in [0.1, 0.15) is 39.6 Å². The maximum atomic E-state index is 10.8. The molecular formula is C9H7NO2S. The molecule has 2 rings (SSSR count). The lowest BCUT2D eigenvalue weighted by atomic mass is 10.1. The van der Waals surface area contributed by atoms with Crippen LogP contribution in [0.3, 0.4) is 0 Å². The van der Waals surface area contributed by atoms with E-state index in [0.29, 0.717) is 16.4 Å². The number of rotatable bonds is 2. The van der Waals surface area contributed by atoms with Gasteiger partial charge in [0.2, 0.25) is 0 Å². The summed E-state index contributed by atoms with van der Waals surface area (Å²) in [7, 11) is 0. The molecule has 0 atom stereocenters. The maximum Gasteiger partial charge on any atom is 0.336 e. The molecule has 4 heteroatoms. The van der Waals surface area contributed by atoms with Gasteiger partial charge in [-0.3, -0.25) is 0 Å². The average Bonchev–Trinajstić information content (AvgIpc) is 2.84. The highest BCUT2D eigenvalue weighted by Gasteiger charge is 2.31. The van der Waals surface area contributed by atoms with Crippen molar-refractivity contribution in [2.45, 2.75) is 18.8 Å². The first-order valence-electron chi connectivity index (χ1n) is 3.99. The van der Waals surface area contributed by atoms with Gasteiger partial charge in [0.05, 0.1) is 5.56 Å². The summed E-state index contributed by atoms with van der Waals surface area (Å²) in [6, 6.07) is 2.05. The van der Waals surface area contributed by atoms with E-state index in [1.54, 1.807) is 5.38 Å². The van der Waals surface area contributed by atoms with E-state index in [9.17, 15) is 4.79 Å². The van der Waals surface area contributed by atoms with Gasteiger partial charge in [-0.25, -0.2) is 4.79 Å². The Bertz CT molecular complexity index is 398. The quantitative estimate of drug-likeness (QED) is 0.783. The fraction of sp³-hybridized carbons (Fsp3) is 0.333. The molecular weight excluding hydrogens is 186 g/mol. The summed E-state index contributed by atoms with van der Waals surface area (Å²) in [4.78, 5) is 11.3. The zero-order valence-corrected chi connectivity index (χ0v) is 7.60. The van der Waals surface area contributed by atoms with Gasteiger partial charge in [-0.15, -0.1) is 11.3 Å². The Morgan fingerprint density at radius 2 is 2.38 bits per heavy atom. The second-order valence-corrected chi connectivity index (χ2v) is 3.96. The van der Waals surface area contributed by atoms with Crippen molar-refractivity contribution in [3.63, 3.8) is 0 Å². The Labute approximate surface area is 79.2 Å². The van der Waals surface area contributed by atoms with Gasteiger partial charge in [-0.05, 0) is 24.3 Å². The number of hydrogen-bond donors (Lipinski definition) is 1. The number of nitriles is 1. The third kappa shape index (κ3) is 1.31.